The molecule has 4 heteroatoms. The monoisotopic (exact) mass is 278 g/mol. The van der Waals surface area contributed by atoms with Crippen LogP contribution in [0.2, 0.25) is 0 Å². The predicted molar refractivity (Wildman–Crippen MR) is 70.7 cm³/mol. The van der Waals surface area contributed by atoms with Gasteiger partial charge in [-0.2, -0.15) is 13.2 Å². The minimum atomic E-state index is -4.46. The van der Waals surface area contributed by atoms with Gasteiger partial charge in [-0.3, -0.25) is 4.79 Å². The van der Waals surface area contributed by atoms with Crippen LogP contribution in [0.1, 0.15) is 27.9 Å². The maximum atomic E-state index is 12.1. The molecule has 1 nitrogen and oxygen atoms in total. The van der Waals surface area contributed by atoms with Gasteiger partial charge in [0.15, 0.2) is 5.78 Å². The second-order valence-electron chi connectivity index (χ2n) is 4.57. The molecule has 0 atom stereocenters. The summed E-state index contributed by atoms with van der Waals surface area (Å²) in [4.78, 5) is 11.4. The van der Waals surface area contributed by atoms with Crippen molar-refractivity contribution in [3.8, 4) is 0 Å². The molecule has 0 radical (unpaired) electrons. The Hall–Kier alpha value is -2.10. The fourth-order valence-electron chi connectivity index (χ4n) is 1.92. The summed E-state index contributed by atoms with van der Waals surface area (Å²) < 4.78 is 36.4. The summed E-state index contributed by atoms with van der Waals surface area (Å²) in [5, 5.41) is 0. The number of carbonyl (C=O) groups is 1. The van der Waals surface area contributed by atoms with Gasteiger partial charge in [0.05, 0.1) is 0 Å². The number of hydrogen-bond donors (Lipinski definition) is 0. The van der Waals surface area contributed by atoms with Crippen LogP contribution in [0.4, 0.5) is 13.2 Å². The van der Waals surface area contributed by atoms with Crippen molar-refractivity contribution in [2.75, 3.05) is 0 Å². The Kier molecular flexibility index (Phi) is 4.23. The molecule has 0 spiro atoms. The lowest BCUT2D eigenvalue weighted by atomic mass is 10.0. The Morgan fingerprint density at radius 2 is 1.40 bits per heavy atom. The molecular formula is C16H13F3O. The number of benzene rings is 2. The normalized spacial score (nSPS) is 11.3. The van der Waals surface area contributed by atoms with E-state index in [0.29, 0.717) is 6.42 Å². The average molecular weight is 278 g/mol. The van der Waals surface area contributed by atoms with Crippen molar-refractivity contribution in [1.82, 2.24) is 0 Å². The smallest absolute Gasteiger partial charge is 0.294 e. The van der Waals surface area contributed by atoms with Gasteiger partial charge in [-0.1, -0.05) is 54.6 Å². The predicted octanol–water partition coefficient (Wildman–Crippen LogP) is 4.41. The molecule has 0 fully saturated rings. The lowest BCUT2D eigenvalue weighted by Gasteiger charge is -2.06. The molecule has 2 aromatic rings. The van der Waals surface area contributed by atoms with E-state index < -0.39 is 18.4 Å². The largest absolute Gasteiger partial charge is 0.396 e. The molecule has 0 saturated heterocycles. The van der Waals surface area contributed by atoms with Crippen LogP contribution in [0.5, 0.6) is 0 Å². The third-order valence-corrected chi connectivity index (χ3v) is 2.89. The first-order valence-electron chi connectivity index (χ1n) is 6.17. The Morgan fingerprint density at radius 1 is 0.850 bits per heavy atom. The molecular weight excluding hydrogens is 265 g/mol. The summed E-state index contributed by atoms with van der Waals surface area (Å²) in [5.41, 5.74) is 2.17. The van der Waals surface area contributed by atoms with Crippen LogP contribution in [-0.4, -0.2) is 12.0 Å². The van der Waals surface area contributed by atoms with Crippen LogP contribution in [0.3, 0.4) is 0 Å². The topological polar surface area (TPSA) is 17.1 Å². The van der Waals surface area contributed by atoms with E-state index in [-0.39, 0.29) is 5.56 Å². The van der Waals surface area contributed by atoms with E-state index in [1.54, 1.807) is 12.1 Å². The molecule has 0 N–H and O–H groups in total. The standard InChI is InChI=1S/C16H13F3O/c17-16(18,19)11-15(20)14-8-6-13(7-9-14)10-12-4-2-1-3-5-12/h1-9H,10-11H2. The third-order valence-electron chi connectivity index (χ3n) is 2.89. The maximum Gasteiger partial charge on any atom is 0.396 e. The zero-order valence-electron chi connectivity index (χ0n) is 10.7. The molecule has 104 valence electrons. The van der Waals surface area contributed by atoms with Gasteiger partial charge in [0.25, 0.3) is 0 Å². The molecule has 0 saturated carbocycles. The van der Waals surface area contributed by atoms with Gasteiger partial charge in [-0.05, 0) is 17.5 Å². The molecule has 0 bridgehead atoms. The van der Waals surface area contributed by atoms with Crippen LogP contribution < -0.4 is 0 Å². The second-order valence-corrected chi connectivity index (χ2v) is 4.57. The maximum absolute atomic E-state index is 12.1. The van der Waals surface area contributed by atoms with E-state index in [0.717, 1.165) is 11.1 Å². The fraction of sp³-hybridized carbons (Fsp3) is 0.188. The summed E-state index contributed by atoms with van der Waals surface area (Å²) in [6.07, 6.45) is -5.18. The van der Waals surface area contributed by atoms with Crippen molar-refractivity contribution in [2.24, 2.45) is 0 Å². The minimum Gasteiger partial charge on any atom is -0.294 e. The van der Waals surface area contributed by atoms with Crippen LogP contribution in [0.25, 0.3) is 0 Å². The molecule has 0 aliphatic rings. The minimum absolute atomic E-state index is 0.0964. The van der Waals surface area contributed by atoms with Gasteiger partial charge in [-0.25, -0.2) is 0 Å². The highest BCUT2D eigenvalue weighted by atomic mass is 19.4. The van der Waals surface area contributed by atoms with Gasteiger partial charge in [0.2, 0.25) is 0 Å². The highest BCUT2D eigenvalue weighted by molar-refractivity contribution is 5.96. The van der Waals surface area contributed by atoms with Crippen molar-refractivity contribution in [3.63, 3.8) is 0 Å². The molecule has 2 rings (SSSR count). The second kappa shape index (κ2) is 5.90. The highest BCUT2D eigenvalue weighted by Gasteiger charge is 2.31. The van der Waals surface area contributed by atoms with E-state index in [4.69, 9.17) is 0 Å². The van der Waals surface area contributed by atoms with E-state index in [2.05, 4.69) is 0 Å². The summed E-state index contributed by atoms with van der Waals surface area (Å²) in [6, 6.07) is 16.0. The van der Waals surface area contributed by atoms with Crippen LogP contribution >= 0.6 is 0 Å². The summed E-state index contributed by atoms with van der Waals surface area (Å²) in [7, 11) is 0. The van der Waals surface area contributed by atoms with Crippen molar-refractivity contribution in [3.05, 3.63) is 71.3 Å². The Morgan fingerprint density at radius 3 is 1.95 bits per heavy atom. The molecule has 20 heavy (non-hydrogen) atoms. The number of rotatable bonds is 4. The first-order chi connectivity index (χ1) is 9.44. The zero-order chi connectivity index (χ0) is 14.6. The molecule has 0 aliphatic carbocycles. The van der Waals surface area contributed by atoms with Crippen LogP contribution in [0.15, 0.2) is 54.6 Å². The lowest BCUT2D eigenvalue weighted by molar-refractivity contribution is -0.125. The third kappa shape index (κ3) is 4.23. The first kappa shape index (κ1) is 14.3. The number of alkyl halides is 3. The molecule has 0 unspecified atom stereocenters. The van der Waals surface area contributed by atoms with Gasteiger partial charge < -0.3 is 0 Å². The van der Waals surface area contributed by atoms with Crippen molar-refractivity contribution < 1.29 is 18.0 Å². The highest BCUT2D eigenvalue weighted by Crippen LogP contribution is 2.22. The molecule has 0 aliphatic heterocycles. The van der Waals surface area contributed by atoms with Gasteiger partial charge in [-0.15, -0.1) is 0 Å². The Balaban J connectivity index is 2.05. The van der Waals surface area contributed by atoms with E-state index in [1.165, 1.54) is 12.1 Å². The fourth-order valence-corrected chi connectivity index (χ4v) is 1.92. The lowest BCUT2D eigenvalue weighted by Crippen LogP contribution is -2.14. The van der Waals surface area contributed by atoms with E-state index in [1.807, 2.05) is 30.3 Å². The number of ketones is 1. The molecule has 2 aromatic carbocycles. The average Bonchev–Trinajstić information content (AvgIpc) is 2.39. The van der Waals surface area contributed by atoms with Gasteiger partial charge in [0, 0.05) is 5.56 Å². The van der Waals surface area contributed by atoms with E-state index in [9.17, 15) is 18.0 Å². The Labute approximate surface area is 115 Å². The van der Waals surface area contributed by atoms with Gasteiger partial charge >= 0.3 is 6.18 Å². The van der Waals surface area contributed by atoms with Crippen LogP contribution in [0, 0.1) is 0 Å². The summed E-state index contributed by atoms with van der Waals surface area (Å²) in [5.74, 6) is -0.899. The number of hydrogen-bond acceptors (Lipinski definition) is 1. The Bertz CT molecular complexity index is 571. The summed E-state index contributed by atoms with van der Waals surface area (Å²) >= 11 is 0. The number of carbonyl (C=O) groups excluding carboxylic acids is 1. The quantitative estimate of drug-likeness (QED) is 0.757. The molecule has 0 amide bonds. The van der Waals surface area contributed by atoms with Crippen molar-refractivity contribution >= 4 is 5.78 Å². The SMILES string of the molecule is O=C(CC(F)(F)F)c1ccc(Cc2ccccc2)cc1. The molecule has 0 aromatic heterocycles. The van der Waals surface area contributed by atoms with Gasteiger partial charge in [0.1, 0.15) is 6.42 Å². The first-order valence-corrected chi connectivity index (χ1v) is 6.17. The number of halogens is 3. The summed E-state index contributed by atoms with van der Waals surface area (Å²) in [6.45, 7) is 0. The molecule has 0 heterocycles. The zero-order valence-corrected chi connectivity index (χ0v) is 10.7. The number of Topliss-reactive ketones (excluding diaryl/α,β-unsaturated/α-hetero) is 1. The van der Waals surface area contributed by atoms with Crippen LogP contribution in [-0.2, 0) is 6.42 Å². The van der Waals surface area contributed by atoms with Crippen molar-refractivity contribution in [1.29, 1.82) is 0 Å². The van der Waals surface area contributed by atoms with E-state index >= 15 is 0 Å². The van der Waals surface area contributed by atoms with Crippen molar-refractivity contribution in [2.45, 2.75) is 19.0 Å².